The Hall–Kier alpha value is -1.46. The summed E-state index contributed by atoms with van der Waals surface area (Å²) < 4.78 is 13.8. The summed E-state index contributed by atoms with van der Waals surface area (Å²) in [6, 6.07) is 4.58. The van der Waals surface area contributed by atoms with Crippen LogP contribution >= 0.6 is 0 Å². The Kier molecular flexibility index (Phi) is 4.17. The second-order valence-corrected chi connectivity index (χ2v) is 5.18. The molecule has 1 unspecified atom stereocenters. The minimum Gasteiger partial charge on any atom is -0.478 e. The van der Waals surface area contributed by atoms with Crippen molar-refractivity contribution in [2.75, 3.05) is 26.7 Å². The molecule has 104 valence electrons. The van der Waals surface area contributed by atoms with Crippen LogP contribution in [0.4, 0.5) is 4.39 Å². The minimum atomic E-state index is -1.10. The molecular weight excluding hydrogens is 247 g/mol. The summed E-state index contributed by atoms with van der Waals surface area (Å²) in [6.07, 6.45) is 0. The fraction of sp³-hybridized carbons (Fsp3) is 0.500. The van der Waals surface area contributed by atoms with Crippen molar-refractivity contribution in [1.82, 2.24) is 9.80 Å². The van der Waals surface area contributed by atoms with Gasteiger partial charge in [0.05, 0.1) is 5.56 Å². The predicted octanol–water partition coefficient (Wildman–Crippen LogP) is 1.66. The van der Waals surface area contributed by atoms with E-state index >= 15 is 0 Å². The standard InChI is InChI=1S/C14H19FN2O2/c1-10-8-17(6-5-16(10)2)9-12-4-3-11(14(18)19)7-13(12)15/h3-4,7,10H,5-6,8-9H2,1-2H3,(H,18,19). The molecular formula is C14H19FN2O2. The van der Waals surface area contributed by atoms with Crippen molar-refractivity contribution in [3.63, 3.8) is 0 Å². The molecule has 0 aromatic heterocycles. The second kappa shape index (κ2) is 5.67. The molecule has 0 radical (unpaired) electrons. The van der Waals surface area contributed by atoms with Crippen LogP contribution in [0.1, 0.15) is 22.8 Å². The lowest BCUT2D eigenvalue weighted by molar-refractivity contribution is 0.0696. The highest BCUT2D eigenvalue weighted by Gasteiger charge is 2.21. The lowest BCUT2D eigenvalue weighted by Gasteiger charge is -2.37. The highest BCUT2D eigenvalue weighted by atomic mass is 19.1. The first kappa shape index (κ1) is 14.0. The molecule has 0 aliphatic carbocycles. The van der Waals surface area contributed by atoms with Crippen LogP contribution < -0.4 is 0 Å². The summed E-state index contributed by atoms with van der Waals surface area (Å²) in [5.41, 5.74) is 0.551. The van der Waals surface area contributed by atoms with E-state index in [1.807, 2.05) is 0 Å². The largest absolute Gasteiger partial charge is 0.478 e. The van der Waals surface area contributed by atoms with Crippen molar-refractivity contribution in [1.29, 1.82) is 0 Å². The Bertz CT molecular complexity index is 479. The SMILES string of the molecule is CC1CN(Cc2ccc(C(=O)O)cc2F)CCN1C. The minimum absolute atomic E-state index is 0.00649. The van der Waals surface area contributed by atoms with Gasteiger partial charge in [-0.15, -0.1) is 0 Å². The summed E-state index contributed by atoms with van der Waals surface area (Å²) in [5.74, 6) is -1.54. The molecule has 1 atom stereocenters. The molecule has 5 heteroatoms. The van der Waals surface area contributed by atoms with Crippen LogP contribution in [0.3, 0.4) is 0 Å². The molecule has 1 heterocycles. The van der Waals surface area contributed by atoms with Crippen molar-refractivity contribution in [2.24, 2.45) is 0 Å². The molecule has 1 aromatic rings. The van der Waals surface area contributed by atoms with Crippen LogP contribution in [0, 0.1) is 5.82 Å². The Morgan fingerprint density at radius 1 is 1.47 bits per heavy atom. The fourth-order valence-corrected chi connectivity index (χ4v) is 2.32. The second-order valence-electron chi connectivity index (χ2n) is 5.18. The third-order valence-corrected chi connectivity index (χ3v) is 3.74. The van der Waals surface area contributed by atoms with Crippen molar-refractivity contribution in [3.8, 4) is 0 Å². The molecule has 0 amide bonds. The number of piperazine rings is 1. The number of hydrogen-bond donors (Lipinski definition) is 1. The van der Waals surface area contributed by atoms with Crippen LogP contribution in [0.25, 0.3) is 0 Å². The van der Waals surface area contributed by atoms with E-state index in [9.17, 15) is 9.18 Å². The maximum absolute atomic E-state index is 13.8. The molecule has 1 aliphatic rings. The van der Waals surface area contributed by atoms with E-state index in [-0.39, 0.29) is 5.56 Å². The molecule has 1 fully saturated rings. The number of hydrogen-bond acceptors (Lipinski definition) is 3. The summed E-state index contributed by atoms with van der Waals surface area (Å²) in [4.78, 5) is 15.2. The van der Waals surface area contributed by atoms with Gasteiger partial charge >= 0.3 is 5.97 Å². The number of benzene rings is 1. The number of carboxylic acid groups (broad SMARTS) is 1. The lowest BCUT2D eigenvalue weighted by Crippen LogP contribution is -2.49. The number of nitrogens with zero attached hydrogens (tertiary/aromatic N) is 2. The van der Waals surface area contributed by atoms with E-state index < -0.39 is 11.8 Å². The van der Waals surface area contributed by atoms with E-state index in [2.05, 4.69) is 23.8 Å². The van der Waals surface area contributed by atoms with Gasteiger partial charge in [-0.1, -0.05) is 6.07 Å². The first-order valence-electron chi connectivity index (χ1n) is 6.41. The maximum Gasteiger partial charge on any atom is 0.335 e. The van der Waals surface area contributed by atoms with Gasteiger partial charge in [-0.25, -0.2) is 9.18 Å². The zero-order valence-corrected chi connectivity index (χ0v) is 11.3. The van der Waals surface area contributed by atoms with Crippen molar-refractivity contribution < 1.29 is 14.3 Å². The van der Waals surface area contributed by atoms with E-state index in [1.54, 1.807) is 6.07 Å². The average Bonchev–Trinajstić information content (AvgIpc) is 2.36. The average molecular weight is 266 g/mol. The molecule has 1 aliphatic heterocycles. The predicted molar refractivity (Wildman–Crippen MR) is 70.7 cm³/mol. The van der Waals surface area contributed by atoms with E-state index in [0.29, 0.717) is 18.2 Å². The van der Waals surface area contributed by atoms with Crippen LogP contribution in [0.15, 0.2) is 18.2 Å². The highest BCUT2D eigenvalue weighted by Crippen LogP contribution is 2.15. The number of halogens is 1. The molecule has 4 nitrogen and oxygen atoms in total. The van der Waals surface area contributed by atoms with Crippen molar-refractivity contribution in [2.45, 2.75) is 19.5 Å². The van der Waals surface area contributed by atoms with E-state index in [4.69, 9.17) is 5.11 Å². The zero-order valence-electron chi connectivity index (χ0n) is 11.3. The summed E-state index contributed by atoms with van der Waals surface area (Å²) >= 11 is 0. The third kappa shape index (κ3) is 3.30. The van der Waals surface area contributed by atoms with Crippen molar-refractivity contribution in [3.05, 3.63) is 35.1 Å². The van der Waals surface area contributed by atoms with Gasteiger partial charge in [-0.05, 0) is 26.1 Å². The van der Waals surface area contributed by atoms with E-state index in [0.717, 1.165) is 25.7 Å². The Balaban J connectivity index is 2.05. The van der Waals surface area contributed by atoms with Gasteiger partial charge in [0, 0.05) is 37.8 Å². The quantitative estimate of drug-likeness (QED) is 0.903. The molecule has 0 saturated carbocycles. The van der Waals surface area contributed by atoms with Crippen LogP contribution in [-0.2, 0) is 6.54 Å². The summed E-state index contributed by atoms with van der Waals surface area (Å²) in [5, 5.41) is 8.80. The van der Waals surface area contributed by atoms with Gasteiger partial charge in [0.1, 0.15) is 5.82 Å². The van der Waals surface area contributed by atoms with Gasteiger partial charge in [-0.2, -0.15) is 0 Å². The van der Waals surface area contributed by atoms with Crippen molar-refractivity contribution >= 4 is 5.97 Å². The fourth-order valence-electron chi connectivity index (χ4n) is 2.32. The Morgan fingerprint density at radius 2 is 2.21 bits per heavy atom. The molecule has 2 rings (SSSR count). The van der Waals surface area contributed by atoms with Gasteiger partial charge in [-0.3, -0.25) is 4.90 Å². The molecule has 1 saturated heterocycles. The van der Waals surface area contributed by atoms with Gasteiger partial charge in [0.15, 0.2) is 0 Å². The lowest BCUT2D eigenvalue weighted by atomic mass is 10.1. The molecule has 1 aromatic carbocycles. The topological polar surface area (TPSA) is 43.8 Å². The zero-order chi connectivity index (χ0) is 14.0. The number of carboxylic acids is 1. The number of likely N-dealkylation sites (N-methyl/N-ethyl adjacent to an activating group) is 1. The maximum atomic E-state index is 13.8. The Morgan fingerprint density at radius 3 is 2.79 bits per heavy atom. The number of aromatic carboxylic acids is 1. The number of carbonyl (C=O) groups is 1. The molecule has 1 N–H and O–H groups in total. The smallest absolute Gasteiger partial charge is 0.335 e. The normalized spacial score (nSPS) is 21.5. The highest BCUT2D eigenvalue weighted by molar-refractivity contribution is 5.87. The first-order chi connectivity index (χ1) is 8.97. The van der Waals surface area contributed by atoms with Gasteiger partial charge < -0.3 is 10.0 Å². The van der Waals surface area contributed by atoms with Crippen LogP contribution in [0.5, 0.6) is 0 Å². The third-order valence-electron chi connectivity index (χ3n) is 3.74. The monoisotopic (exact) mass is 266 g/mol. The molecule has 0 spiro atoms. The Labute approximate surface area is 112 Å². The summed E-state index contributed by atoms with van der Waals surface area (Å²) in [7, 11) is 2.09. The summed E-state index contributed by atoms with van der Waals surface area (Å²) in [6.45, 7) is 5.45. The molecule has 0 bridgehead atoms. The van der Waals surface area contributed by atoms with Gasteiger partial charge in [0.25, 0.3) is 0 Å². The first-order valence-corrected chi connectivity index (χ1v) is 6.41. The van der Waals surface area contributed by atoms with E-state index in [1.165, 1.54) is 6.07 Å². The van der Waals surface area contributed by atoms with Crippen LogP contribution in [-0.4, -0.2) is 53.6 Å². The van der Waals surface area contributed by atoms with Gasteiger partial charge in [0.2, 0.25) is 0 Å². The van der Waals surface area contributed by atoms with Crippen LogP contribution in [0.2, 0.25) is 0 Å². The number of rotatable bonds is 3. The molecule has 19 heavy (non-hydrogen) atoms.